The molecule has 1 aromatic heterocycles. The average molecular weight is 223 g/mol. The van der Waals surface area contributed by atoms with Crippen molar-refractivity contribution < 1.29 is 4.52 Å². The van der Waals surface area contributed by atoms with Crippen LogP contribution in [0.2, 0.25) is 0 Å². The molecule has 16 heavy (non-hydrogen) atoms. The van der Waals surface area contributed by atoms with E-state index in [-0.39, 0.29) is 0 Å². The maximum Gasteiger partial charge on any atom is 0.248 e. The molecule has 1 fully saturated rings. The first-order valence-electron chi connectivity index (χ1n) is 5.62. The predicted octanol–water partition coefficient (Wildman–Crippen LogP) is 0.596. The molecule has 1 saturated carbocycles. The van der Waals surface area contributed by atoms with E-state index in [1.54, 1.807) is 6.92 Å². The first-order chi connectivity index (χ1) is 7.78. The topological polar surface area (TPSA) is 75.3 Å². The van der Waals surface area contributed by atoms with Crippen LogP contribution < -0.4 is 10.6 Å². The standard InChI is InChI=1S/C10H17N5O/c1-3-11-10(14-8-4-5-8)12-6-9-13-7(2)15-16-9/h8H,3-6H2,1-2H3,(H2,11,12,14). The average Bonchev–Trinajstić information content (AvgIpc) is 2.97. The Kier molecular flexibility index (Phi) is 3.38. The summed E-state index contributed by atoms with van der Waals surface area (Å²) in [5.74, 6) is 2.01. The molecule has 0 aromatic carbocycles. The van der Waals surface area contributed by atoms with Crippen LogP contribution in [0.1, 0.15) is 31.5 Å². The maximum atomic E-state index is 4.99. The maximum absolute atomic E-state index is 4.99. The van der Waals surface area contributed by atoms with Gasteiger partial charge in [-0.2, -0.15) is 4.98 Å². The minimum absolute atomic E-state index is 0.420. The number of rotatable bonds is 4. The summed E-state index contributed by atoms with van der Waals surface area (Å²) in [5, 5.41) is 10.2. The molecule has 6 nitrogen and oxygen atoms in total. The van der Waals surface area contributed by atoms with E-state index in [9.17, 15) is 0 Å². The highest BCUT2D eigenvalue weighted by Gasteiger charge is 2.22. The van der Waals surface area contributed by atoms with Gasteiger partial charge in [0.1, 0.15) is 6.54 Å². The Hall–Kier alpha value is -1.59. The molecule has 1 heterocycles. The molecule has 6 heteroatoms. The molecule has 0 saturated heterocycles. The van der Waals surface area contributed by atoms with Gasteiger partial charge in [0.15, 0.2) is 11.8 Å². The number of guanidine groups is 1. The summed E-state index contributed by atoms with van der Waals surface area (Å²) in [4.78, 5) is 8.47. The van der Waals surface area contributed by atoms with E-state index < -0.39 is 0 Å². The molecule has 1 aliphatic rings. The first kappa shape index (κ1) is 10.9. The lowest BCUT2D eigenvalue weighted by molar-refractivity contribution is 0.376. The fourth-order valence-electron chi connectivity index (χ4n) is 1.29. The van der Waals surface area contributed by atoms with Crippen LogP contribution in [0.4, 0.5) is 0 Å². The van der Waals surface area contributed by atoms with Crippen LogP contribution in [0.3, 0.4) is 0 Å². The zero-order valence-electron chi connectivity index (χ0n) is 9.66. The Balaban J connectivity index is 1.90. The second-order valence-corrected chi connectivity index (χ2v) is 3.85. The van der Waals surface area contributed by atoms with Crippen molar-refractivity contribution in [3.8, 4) is 0 Å². The summed E-state index contributed by atoms with van der Waals surface area (Å²) in [5.41, 5.74) is 0. The Morgan fingerprint density at radius 1 is 1.56 bits per heavy atom. The van der Waals surface area contributed by atoms with Crippen LogP contribution in [0, 0.1) is 6.92 Å². The largest absolute Gasteiger partial charge is 0.357 e. The molecule has 2 N–H and O–H groups in total. The number of nitrogens with one attached hydrogen (secondary N) is 2. The summed E-state index contributed by atoms with van der Waals surface area (Å²) >= 11 is 0. The van der Waals surface area contributed by atoms with Gasteiger partial charge in [-0.15, -0.1) is 0 Å². The Labute approximate surface area is 94.5 Å². The quantitative estimate of drug-likeness (QED) is 0.577. The van der Waals surface area contributed by atoms with Crippen LogP contribution in [-0.2, 0) is 6.54 Å². The molecule has 0 aliphatic heterocycles. The zero-order valence-corrected chi connectivity index (χ0v) is 9.66. The smallest absolute Gasteiger partial charge is 0.248 e. The molecule has 0 spiro atoms. The fourth-order valence-corrected chi connectivity index (χ4v) is 1.29. The number of aromatic nitrogens is 2. The van der Waals surface area contributed by atoms with Gasteiger partial charge in [0.05, 0.1) is 0 Å². The molecule has 2 rings (SSSR count). The Morgan fingerprint density at radius 3 is 2.94 bits per heavy atom. The number of hydrogen-bond donors (Lipinski definition) is 2. The highest BCUT2D eigenvalue weighted by atomic mass is 16.5. The molecule has 0 unspecified atom stereocenters. The van der Waals surface area contributed by atoms with Gasteiger partial charge >= 0.3 is 0 Å². The Morgan fingerprint density at radius 2 is 2.38 bits per heavy atom. The number of nitrogens with zero attached hydrogens (tertiary/aromatic N) is 3. The minimum Gasteiger partial charge on any atom is -0.357 e. The van der Waals surface area contributed by atoms with E-state index in [2.05, 4.69) is 25.8 Å². The third-order valence-electron chi connectivity index (χ3n) is 2.20. The highest BCUT2D eigenvalue weighted by Crippen LogP contribution is 2.18. The normalized spacial score (nSPS) is 16.2. The van der Waals surface area contributed by atoms with Crippen LogP contribution >= 0.6 is 0 Å². The minimum atomic E-state index is 0.420. The second kappa shape index (κ2) is 4.96. The van der Waals surface area contributed by atoms with Gasteiger partial charge in [-0.1, -0.05) is 5.16 Å². The molecular weight excluding hydrogens is 206 g/mol. The third kappa shape index (κ3) is 3.22. The molecular formula is C10H17N5O. The van der Waals surface area contributed by atoms with E-state index >= 15 is 0 Å². The van der Waals surface area contributed by atoms with Crippen molar-refractivity contribution in [3.63, 3.8) is 0 Å². The molecule has 1 aromatic rings. The van der Waals surface area contributed by atoms with Crippen molar-refractivity contribution in [2.24, 2.45) is 4.99 Å². The van der Waals surface area contributed by atoms with E-state index in [1.807, 2.05) is 6.92 Å². The molecule has 88 valence electrons. The number of aryl methyl sites for hydroxylation is 1. The molecule has 0 atom stereocenters. The van der Waals surface area contributed by atoms with E-state index in [4.69, 9.17) is 4.52 Å². The van der Waals surface area contributed by atoms with Gasteiger partial charge in [-0.25, -0.2) is 4.99 Å². The van der Waals surface area contributed by atoms with E-state index in [0.29, 0.717) is 24.3 Å². The summed E-state index contributed by atoms with van der Waals surface area (Å²) in [6.07, 6.45) is 2.45. The van der Waals surface area contributed by atoms with Crippen molar-refractivity contribution in [3.05, 3.63) is 11.7 Å². The van der Waals surface area contributed by atoms with Crippen molar-refractivity contribution in [2.75, 3.05) is 6.54 Å². The van der Waals surface area contributed by atoms with Gasteiger partial charge in [-0.05, 0) is 26.7 Å². The molecule has 1 aliphatic carbocycles. The number of aliphatic imine (C=N–C) groups is 1. The highest BCUT2D eigenvalue weighted by molar-refractivity contribution is 5.80. The summed E-state index contributed by atoms with van der Waals surface area (Å²) in [6, 6.07) is 0.585. The molecule has 0 radical (unpaired) electrons. The van der Waals surface area contributed by atoms with E-state index in [1.165, 1.54) is 12.8 Å². The van der Waals surface area contributed by atoms with Crippen LogP contribution in [-0.4, -0.2) is 28.7 Å². The van der Waals surface area contributed by atoms with Crippen LogP contribution in [0.25, 0.3) is 0 Å². The van der Waals surface area contributed by atoms with Gasteiger partial charge in [0.25, 0.3) is 0 Å². The zero-order chi connectivity index (χ0) is 11.4. The predicted molar refractivity (Wildman–Crippen MR) is 60.0 cm³/mol. The number of hydrogen-bond acceptors (Lipinski definition) is 4. The van der Waals surface area contributed by atoms with Crippen molar-refractivity contribution >= 4 is 5.96 Å². The van der Waals surface area contributed by atoms with Gasteiger partial charge < -0.3 is 15.2 Å². The van der Waals surface area contributed by atoms with E-state index in [0.717, 1.165) is 12.5 Å². The lowest BCUT2D eigenvalue weighted by Gasteiger charge is -2.08. The van der Waals surface area contributed by atoms with Gasteiger partial charge in [-0.3, -0.25) is 0 Å². The summed E-state index contributed by atoms with van der Waals surface area (Å²) in [6.45, 7) is 5.11. The first-order valence-corrected chi connectivity index (χ1v) is 5.62. The molecule has 0 amide bonds. The van der Waals surface area contributed by atoms with Crippen molar-refractivity contribution in [1.29, 1.82) is 0 Å². The summed E-state index contributed by atoms with van der Waals surface area (Å²) in [7, 11) is 0. The van der Waals surface area contributed by atoms with Crippen LogP contribution in [0.5, 0.6) is 0 Å². The lowest BCUT2D eigenvalue weighted by atomic mass is 10.6. The second-order valence-electron chi connectivity index (χ2n) is 3.85. The van der Waals surface area contributed by atoms with Crippen LogP contribution in [0.15, 0.2) is 9.52 Å². The van der Waals surface area contributed by atoms with Gasteiger partial charge in [0.2, 0.25) is 5.89 Å². The fraction of sp³-hybridized carbons (Fsp3) is 0.700. The molecule has 0 bridgehead atoms. The van der Waals surface area contributed by atoms with Crippen molar-refractivity contribution in [2.45, 2.75) is 39.3 Å². The Bertz CT molecular complexity index is 369. The van der Waals surface area contributed by atoms with Gasteiger partial charge in [0, 0.05) is 12.6 Å². The monoisotopic (exact) mass is 223 g/mol. The lowest BCUT2D eigenvalue weighted by Crippen LogP contribution is -2.38. The third-order valence-corrected chi connectivity index (χ3v) is 2.20. The summed E-state index contributed by atoms with van der Waals surface area (Å²) < 4.78 is 4.99. The SMILES string of the molecule is CCNC(=NCc1nc(C)no1)NC1CC1. The van der Waals surface area contributed by atoms with Crippen molar-refractivity contribution in [1.82, 2.24) is 20.8 Å².